The van der Waals surface area contributed by atoms with Gasteiger partial charge in [-0.15, -0.1) is 5.10 Å². The van der Waals surface area contributed by atoms with Crippen LogP contribution in [-0.4, -0.2) is 41.9 Å². The molecule has 2 amide bonds. The van der Waals surface area contributed by atoms with Gasteiger partial charge in [0.2, 0.25) is 11.8 Å². The molecule has 1 atom stereocenters. The smallest absolute Gasteiger partial charge is 0.230 e. The molecule has 1 aliphatic heterocycles. The standard InChI is InChI=1S/C25H28N4O3/c1-25(2,16-32-3)19-9-7-8-17(12-19)21-14-22(27-24(31)18-13-23(30)26-15-18)28-29(21)20-10-5-4-6-11-20/h4-12,14,18H,13,15-16H2,1-3H3,(H,26,30)(H,27,28,31)/t18-/m0/s1. The molecule has 3 aromatic rings. The molecule has 0 unspecified atom stereocenters. The SMILES string of the molecule is COCC(C)(C)c1cccc(-c2cc(NC(=O)[C@@H]3CNC(=O)C3)nn2-c2ccccc2)c1. The fourth-order valence-electron chi connectivity index (χ4n) is 3.98. The van der Waals surface area contributed by atoms with Crippen LogP contribution in [0.4, 0.5) is 5.82 Å². The number of hydrogen-bond acceptors (Lipinski definition) is 4. The van der Waals surface area contributed by atoms with Crippen LogP contribution in [0.3, 0.4) is 0 Å². The number of hydrogen-bond donors (Lipinski definition) is 2. The second-order valence-electron chi connectivity index (χ2n) is 8.75. The van der Waals surface area contributed by atoms with Crippen LogP contribution in [0.25, 0.3) is 16.9 Å². The Balaban J connectivity index is 1.71. The lowest BCUT2D eigenvalue weighted by molar-refractivity contribution is -0.123. The van der Waals surface area contributed by atoms with Crippen molar-refractivity contribution in [3.63, 3.8) is 0 Å². The van der Waals surface area contributed by atoms with Gasteiger partial charge >= 0.3 is 0 Å². The Labute approximate surface area is 187 Å². The van der Waals surface area contributed by atoms with Crippen molar-refractivity contribution in [3.05, 3.63) is 66.2 Å². The van der Waals surface area contributed by atoms with E-state index in [1.165, 1.54) is 0 Å². The van der Waals surface area contributed by atoms with Gasteiger partial charge in [-0.25, -0.2) is 4.68 Å². The molecule has 32 heavy (non-hydrogen) atoms. The van der Waals surface area contributed by atoms with Gasteiger partial charge in [-0.2, -0.15) is 0 Å². The maximum atomic E-state index is 12.6. The van der Waals surface area contributed by atoms with E-state index in [0.29, 0.717) is 19.0 Å². The van der Waals surface area contributed by atoms with E-state index < -0.39 is 0 Å². The number of nitrogens with one attached hydrogen (secondary N) is 2. The van der Waals surface area contributed by atoms with Gasteiger partial charge in [0.05, 0.1) is 23.9 Å². The van der Waals surface area contributed by atoms with E-state index in [9.17, 15) is 9.59 Å². The summed E-state index contributed by atoms with van der Waals surface area (Å²) in [5.41, 5.74) is 3.74. The summed E-state index contributed by atoms with van der Waals surface area (Å²) in [5.74, 6) is -0.237. The zero-order chi connectivity index (χ0) is 22.7. The highest BCUT2D eigenvalue weighted by molar-refractivity contribution is 5.97. The van der Waals surface area contributed by atoms with Crippen LogP contribution in [0.1, 0.15) is 25.8 Å². The van der Waals surface area contributed by atoms with E-state index in [-0.39, 0.29) is 29.6 Å². The molecular weight excluding hydrogens is 404 g/mol. The van der Waals surface area contributed by atoms with Crippen LogP contribution < -0.4 is 10.6 Å². The number of rotatable bonds is 7. The molecule has 166 valence electrons. The quantitative estimate of drug-likeness (QED) is 0.598. The highest BCUT2D eigenvalue weighted by Crippen LogP contribution is 2.31. The number of carbonyl (C=O) groups is 2. The number of nitrogens with zero attached hydrogens (tertiary/aromatic N) is 2. The minimum absolute atomic E-state index is 0.101. The van der Waals surface area contributed by atoms with Gasteiger partial charge in [0.25, 0.3) is 0 Å². The van der Waals surface area contributed by atoms with E-state index in [4.69, 9.17) is 4.74 Å². The molecule has 7 nitrogen and oxygen atoms in total. The van der Waals surface area contributed by atoms with Crippen LogP contribution in [0.15, 0.2) is 60.7 Å². The minimum Gasteiger partial charge on any atom is -0.384 e. The number of carbonyl (C=O) groups excluding carboxylic acids is 2. The predicted molar refractivity (Wildman–Crippen MR) is 124 cm³/mol. The first-order valence-corrected chi connectivity index (χ1v) is 10.7. The molecule has 1 aliphatic rings. The lowest BCUT2D eigenvalue weighted by Gasteiger charge is -2.24. The number of methoxy groups -OCH3 is 1. The largest absolute Gasteiger partial charge is 0.384 e. The first-order valence-electron chi connectivity index (χ1n) is 10.7. The highest BCUT2D eigenvalue weighted by Gasteiger charge is 2.29. The number of ether oxygens (including phenoxy) is 1. The number of benzene rings is 2. The maximum Gasteiger partial charge on any atom is 0.230 e. The molecule has 0 radical (unpaired) electrons. The second kappa shape index (κ2) is 8.96. The molecule has 0 bridgehead atoms. The Hall–Kier alpha value is -3.45. The average molecular weight is 433 g/mol. The third-order valence-corrected chi connectivity index (χ3v) is 5.75. The van der Waals surface area contributed by atoms with E-state index >= 15 is 0 Å². The van der Waals surface area contributed by atoms with Crippen molar-refractivity contribution in [3.8, 4) is 16.9 Å². The summed E-state index contributed by atoms with van der Waals surface area (Å²) in [5, 5.41) is 10.3. The van der Waals surface area contributed by atoms with Crippen LogP contribution in [0.2, 0.25) is 0 Å². The Kier molecular flexibility index (Phi) is 6.10. The third-order valence-electron chi connectivity index (χ3n) is 5.75. The minimum atomic E-state index is -0.383. The van der Waals surface area contributed by atoms with Crippen LogP contribution >= 0.6 is 0 Å². The first kappa shape index (κ1) is 21.8. The summed E-state index contributed by atoms with van der Waals surface area (Å²) in [7, 11) is 1.71. The van der Waals surface area contributed by atoms with Crippen molar-refractivity contribution in [2.45, 2.75) is 25.7 Å². The van der Waals surface area contributed by atoms with Gasteiger partial charge < -0.3 is 15.4 Å². The molecule has 0 saturated carbocycles. The van der Waals surface area contributed by atoms with Crippen molar-refractivity contribution >= 4 is 17.6 Å². The monoisotopic (exact) mass is 432 g/mol. The Morgan fingerprint density at radius 3 is 2.66 bits per heavy atom. The second-order valence-corrected chi connectivity index (χ2v) is 8.75. The topological polar surface area (TPSA) is 85.2 Å². The van der Waals surface area contributed by atoms with Gasteiger partial charge in [0.1, 0.15) is 0 Å². The summed E-state index contributed by atoms with van der Waals surface area (Å²) in [6.07, 6.45) is 0.203. The van der Waals surface area contributed by atoms with Crippen molar-refractivity contribution < 1.29 is 14.3 Å². The van der Waals surface area contributed by atoms with Gasteiger partial charge in [-0.3, -0.25) is 9.59 Å². The lowest BCUT2D eigenvalue weighted by Crippen LogP contribution is -2.24. The van der Waals surface area contributed by atoms with Gasteiger partial charge in [-0.1, -0.05) is 50.2 Å². The summed E-state index contributed by atoms with van der Waals surface area (Å²) in [6.45, 7) is 5.25. The molecule has 4 rings (SSSR count). The Bertz CT molecular complexity index is 1120. The summed E-state index contributed by atoms with van der Waals surface area (Å²) >= 11 is 0. The van der Waals surface area contributed by atoms with E-state index in [1.54, 1.807) is 7.11 Å². The molecule has 2 heterocycles. The zero-order valence-corrected chi connectivity index (χ0v) is 18.6. The van der Waals surface area contributed by atoms with Crippen LogP contribution in [0, 0.1) is 5.92 Å². The molecular formula is C25H28N4O3. The fourth-order valence-corrected chi connectivity index (χ4v) is 3.98. The highest BCUT2D eigenvalue weighted by atomic mass is 16.5. The van der Waals surface area contributed by atoms with E-state index in [2.05, 4.69) is 41.7 Å². The predicted octanol–water partition coefficient (Wildman–Crippen LogP) is 3.54. The van der Waals surface area contributed by atoms with Gasteiger partial charge in [0.15, 0.2) is 5.82 Å². The summed E-state index contributed by atoms with van der Waals surface area (Å²) in [6, 6.07) is 20.0. The van der Waals surface area contributed by atoms with Crippen molar-refractivity contribution in [1.29, 1.82) is 0 Å². The maximum absolute atomic E-state index is 12.6. The normalized spacial score (nSPS) is 16.1. The number of amides is 2. The molecule has 0 aliphatic carbocycles. The first-order chi connectivity index (χ1) is 15.4. The van der Waals surface area contributed by atoms with Crippen molar-refractivity contribution in [2.24, 2.45) is 5.92 Å². The van der Waals surface area contributed by atoms with Crippen LogP contribution in [0.5, 0.6) is 0 Å². The van der Waals surface area contributed by atoms with E-state index in [0.717, 1.165) is 22.5 Å². The molecule has 2 N–H and O–H groups in total. The summed E-state index contributed by atoms with van der Waals surface area (Å²) < 4.78 is 7.24. The molecule has 1 fully saturated rings. The molecule has 7 heteroatoms. The number of anilines is 1. The Morgan fingerprint density at radius 2 is 1.97 bits per heavy atom. The molecule has 2 aromatic carbocycles. The summed E-state index contributed by atoms with van der Waals surface area (Å²) in [4.78, 5) is 24.1. The lowest BCUT2D eigenvalue weighted by atomic mass is 9.84. The fraction of sp³-hybridized carbons (Fsp3) is 0.320. The van der Waals surface area contributed by atoms with Crippen molar-refractivity contribution in [1.82, 2.24) is 15.1 Å². The number of aromatic nitrogens is 2. The number of para-hydroxylation sites is 1. The third kappa shape index (κ3) is 4.57. The van der Waals surface area contributed by atoms with E-state index in [1.807, 2.05) is 53.2 Å². The van der Waals surface area contributed by atoms with Crippen molar-refractivity contribution in [2.75, 3.05) is 25.6 Å². The Morgan fingerprint density at radius 1 is 1.19 bits per heavy atom. The van der Waals surface area contributed by atoms with Gasteiger partial charge in [-0.05, 0) is 23.8 Å². The van der Waals surface area contributed by atoms with Crippen LogP contribution in [-0.2, 0) is 19.7 Å². The molecule has 1 aromatic heterocycles. The molecule has 0 spiro atoms. The van der Waals surface area contributed by atoms with Gasteiger partial charge in [0, 0.05) is 37.1 Å². The average Bonchev–Trinajstić information content (AvgIpc) is 3.41. The molecule has 1 saturated heterocycles. The zero-order valence-electron chi connectivity index (χ0n) is 18.6.